The first-order valence-electron chi connectivity index (χ1n) is 6.94. The molecule has 1 aromatic heterocycles. The van der Waals surface area contributed by atoms with Crippen molar-refractivity contribution in [3.63, 3.8) is 0 Å². The average Bonchev–Trinajstić information content (AvgIpc) is 3.05. The van der Waals surface area contributed by atoms with Gasteiger partial charge in [0.1, 0.15) is 4.90 Å². The molecule has 2 atom stereocenters. The van der Waals surface area contributed by atoms with Gasteiger partial charge in [-0.25, -0.2) is 8.42 Å². The lowest BCUT2D eigenvalue weighted by Gasteiger charge is -2.17. The first-order chi connectivity index (χ1) is 9.89. The molecule has 1 aliphatic rings. The maximum absolute atomic E-state index is 12.8. The topological polar surface area (TPSA) is 99.4 Å². The molecule has 2 unspecified atom stereocenters. The molecule has 1 fully saturated rings. The first-order valence-corrected chi connectivity index (χ1v) is 8.38. The lowest BCUT2D eigenvalue weighted by Crippen LogP contribution is -2.30. The van der Waals surface area contributed by atoms with Crippen molar-refractivity contribution in [2.45, 2.75) is 24.3 Å². The van der Waals surface area contributed by atoms with Crippen molar-refractivity contribution in [1.29, 1.82) is 0 Å². The van der Waals surface area contributed by atoms with Crippen LogP contribution in [-0.2, 0) is 10.0 Å². The highest BCUT2D eigenvalue weighted by atomic mass is 32.2. The smallest absolute Gasteiger partial charge is 0.245 e. The summed E-state index contributed by atoms with van der Waals surface area (Å²) in [5.74, 6) is -0.00458. The minimum atomic E-state index is -3.57. The Balaban J connectivity index is 1.99. The van der Waals surface area contributed by atoms with Crippen LogP contribution in [0.15, 0.2) is 29.3 Å². The van der Waals surface area contributed by atoms with Crippen LogP contribution in [-0.4, -0.2) is 42.0 Å². The summed E-state index contributed by atoms with van der Waals surface area (Å²) in [7, 11) is -3.57. The standard InChI is InChI=1S/C14H19N3O3S/c1-9(18)10-4-5-17(8-10)21(19,20)14-7-16-13-3-2-11(15)6-12(13)14/h2-3,6-7,9-10,16,18H,4-5,8,15H2,1H3. The van der Waals surface area contributed by atoms with Gasteiger partial charge in [-0.05, 0) is 37.5 Å². The number of aromatic nitrogens is 1. The number of fused-ring (bicyclic) bond motifs is 1. The zero-order chi connectivity index (χ0) is 15.2. The van der Waals surface area contributed by atoms with Gasteiger partial charge >= 0.3 is 0 Å². The van der Waals surface area contributed by atoms with Crippen LogP contribution in [0.5, 0.6) is 0 Å². The van der Waals surface area contributed by atoms with Crippen LogP contribution in [0.3, 0.4) is 0 Å². The fourth-order valence-electron chi connectivity index (χ4n) is 2.83. The fourth-order valence-corrected chi connectivity index (χ4v) is 4.50. The number of rotatable bonds is 3. The molecule has 2 aromatic rings. The molecule has 0 bridgehead atoms. The number of aliphatic hydroxyl groups excluding tert-OH is 1. The van der Waals surface area contributed by atoms with Gasteiger partial charge in [-0.3, -0.25) is 0 Å². The molecule has 7 heteroatoms. The molecular formula is C14H19N3O3S. The van der Waals surface area contributed by atoms with Crippen molar-refractivity contribution < 1.29 is 13.5 Å². The number of hydrogen-bond donors (Lipinski definition) is 3. The summed E-state index contributed by atoms with van der Waals surface area (Å²) in [6.45, 7) is 2.50. The predicted octanol–water partition coefficient (Wildman–Crippen LogP) is 1.14. The second kappa shape index (κ2) is 5.01. The fraction of sp³-hybridized carbons (Fsp3) is 0.429. The van der Waals surface area contributed by atoms with Crippen LogP contribution in [0.25, 0.3) is 10.9 Å². The van der Waals surface area contributed by atoms with Gasteiger partial charge in [0.2, 0.25) is 10.0 Å². The molecule has 0 saturated carbocycles. The average molecular weight is 309 g/mol. The molecule has 1 saturated heterocycles. The Kier molecular flexibility index (Phi) is 3.43. The number of nitrogens with two attached hydrogens (primary N) is 1. The quantitative estimate of drug-likeness (QED) is 0.740. The Morgan fingerprint density at radius 2 is 2.24 bits per heavy atom. The van der Waals surface area contributed by atoms with Crippen LogP contribution in [0.2, 0.25) is 0 Å². The van der Waals surface area contributed by atoms with E-state index < -0.39 is 16.1 Å². The summed E-state index contributed by atoms with van der Waals surface area (Å²) in [5.41, 5.74) is 7.03. The Morgan fingerprint density at radius 3 is 2.90 bits per heavy atom. The van der Waals surface area contributed by atoms with Gasteiger partial charge in [0.25, 0.3) is 0 Å². The van der Waals surface area contributed by atoms with Crippen LogP contribution >= 0.6 is 0 Å². The molecule has 6 nitrogen and oxygen atoms in total. The minimum absolute atomic E-state index is 0.00458. The zero-order valence-electron chi connectivity index (χ0n) is 11.8. The molecule has 21 heavy (non-hydrogen) atoms. The number of aliphatic hydroxyl groups is 1. The van der Waals surface area contributed by atoms with E-state index in [1.165, 1.54) is 10.5 Å². The molecule has 114 valence electrons. The number of sulfonamides is 1. The van der Waals surface area contributed by atoms with Crippen molar-refractivity contribution >= 4 is 26.6 Å². The van der Waals surface area contributed by atoms with Gasteiger partial charge in [0.05, 0.1) is 6.10 Å². The van der Waals surface area contributed by atoms with E-state index in [2.05, 4.69) is 4.98 Å². The lowest BCUT2D eigenvalue weighted by atomic mass is 10.0. The largest absolute Gasteiger partial charge is 0.399 e. The molecular weight excluding hydrogens is 290 g/mol. The summed E-state index contributed by atoms with van der Waals surface area (Å²) in [4.78, 5) is 3.21. The highest BCUT2D eigenvalue weighted by molar-refractivity contribution is 7.89. The number of anilines is 1. The maximum Gasteiger partial charge on any atom is 0.245 e. The van der Waals surface area contributed by atoms with Crippen molar-refractivity contribution in [1.82, 2.24) is 9.29 Å². The van der Waals surface area contributed by atoms with Crippen molar-refractivity contribution in [3.8, 4) is 0 Å². The van der Waals surface area contributed by atoms with Gasteiger partial charge in [0, 0.05) is 35.9 Å². The number of hydrogen-bond acceptors (Lipinski definition) is 4. The van der Waals surface area contributed by atoms with Crippen LogP contribution < -0.4 is 5.73 Å². The molecule has 2 heterocycles. The highest BCUT2D eigenvalue weighted by Gasteiger charge is 2.35. The van der Waals surface area contributed by atoms with E-state index in [4.69, 9.17) is 5.73 Å². The molecule has 0 radical (unpaired) electrons. The SMILES string of the molecule is CC(O)C1CCN(S(=O)(=O)c2c[nH]c3ccc(N)cc23)C1. The van der Waals surface area contributed by atoms with E-state index in [0.717, 1.165) is 5.52 Å². The third kappa shape index (κ3) is 2.41. The van der Waals surface area contributed by atoms with E-state index >= 15 is 0 Å². The Hall–Kier alpha value is -1.57. The lowest BCUT2D eigenvalue weighted by molar-refractivity contribution is 0.133. The Morgan fingerprint density at radius 1 is 1.48 bits per heavy atom. The van der Waals surface area contributed by atoms with Gasteiger partial charge in [-0.1, -0.05) is 0 Å². The second-order valence-corrected chi connectivity index (χ2v) is 7.52. The summed E-state index contributed by atoms with van der Waals surface area (Å²) < 4.78 is 27.0. The molecule has 0 spiro atoms. The molecule has 1 aliphatic heterocycles. The van der Waals surface area contributed by atoms with Crippen LogP contribution in [0.4, 0.5) is 5.69 Å². The number of nitrogens with zero attached hydrogens (tertiary/aromatic N) is 1. The third-order valence-corrected chi connectivity index (χ3v) is 6.06. The van der Waals surface area contributed by atoms with Crippen molar-refractivity contribution in [2.24, 2.45) is 5.92 Å². The van der Waals surface area contributed by atoms with E-state index in [9.17, 15) is 13.5 Å². The Labute approximate surface area is 123 Å². The normalized spacial score (nSPS) is 21.9. The zero-order valence-corrected chi connectivity index (χ0v) is 12.6. The van der Waals surface area contributed by atoms with Gasteiger partial charge in [-0.2, -0.15) is 4.31 Å². The molecule has 3 rings (SSSR count). The van der Waals surface area contributed by atoms with E-state index in [1.807, 2.05) is 0 Å². The molecule has 4 N–H and O–H groups in total. The van der Waals surface area contributed by atoms with Gasteiger partial charge in [-0.15, -0.1) is 0 Å². The maximum atomic E-state index is 12.8. The minimum Gasteiger partial charge on any atom is -0.399 e. The van der Waals surface area contributed by atoms with E-state index in [-0.39, 0.29) is 10.8 Å². The van der Waals surface area contributed by atoms with Crippen molar-refractivity contribution in [2.75, 3.05) is 18.8 Å². The van der Waals surface area contributed by atoms with Gasteiger partial charge in [0.15, 0.2) is 0 Å². The third-order valence-electron chi connectivity index (χ3n) is 4.16. The van der Waals surface area contributed by atoms with Crippen LogP contribution in [0.1, 0.15) is 13.3 Å². The predicted molar refractivity (Wildman–Crippen MR) is 81.3 cm³/mol. The number of benzene rings is 1. The molecule has 1 aromatic carbocycles. The highest BCUT2D eigenvalue weighted by Crippen LogP contribution is 2.31. The summed E-state index contributed by atoms with van der Waals surface area (Å²) in [5, 5.41) is 10.2. The summed E-state index contributed by atoms with van der Waals surface area (Å²) >= 11 is 0. The molecule has 0 aliphatic carbocycles. The molecule has 0 amide bonds. The number of nitrogen functional groups attached to an aromatic ring is 1. The Bertz CT molecular complexity index is 767. The first kappa shape index (κ1) is 14.4. The summed E-state index contributed by atoms with van der Waals surface area (Å²) in [6.07, 6.45) is 1.69. The number of H-pyrrole nitrogens is 1. The van der Waals surface area contributed by atoms with Crippen molar-refractivity contribution in [3.05, 3.63) is 24.4 Å². The number of nitrogens with one attached hydrogen (secondary N) is 1. The van der Waals surface area contributed by atoms with E-state index in [1.54, 1.807) is 25.1 Å². The summed E-state index contributed by atoms with van der Waals surface area (Å²) in [6, 6.07) is 5.17. The second-order valence-electron chi connectivity index (χ2n) is 5.61. The monoisotopic (exact) mass is 309 g/mol. The number of aromatic amines is 1. The van der Waals surface area contributed by atoms with E-state index in [0.29, 0.717) is 30.6 Å². The van der Waals surface area contributed by atoms with Gasteiger partial charge < -0.3 is 15.8 Å². The van der Waals surface area contributed by atoms with Crippen LogP contribution in [0, 0.1) is 5.92 Å².